The average molecular weight is 389 g/mol. The molecule has 1 aliphatic carbocycles. The molecule has 0 spiro atoms. The second-order valence-corrected chi connectivity index (χ2v) is 7.54. The maximum absolute atomic E-state index is 9.56. The number of rotatable bonds is 4. The first kappa shape index (κ1) is 18.3. The number of allylic oxidation sites excluding steroid dienone is 3. The van der Waals surface area contributed by atoms with Crippen LogP contribution < -0.4 is 4.90 Å². The van der Waals surface area contributed by atoms with Crippen molar-refractivity contribution in [1.29, 1.82) is 0 Å². The second kappa shape index (κ2) is 7.92. The minimum Gasteiger partial charge on any atom is -0.508 e. The van der Waals surface area contributed by atoms with Crippen LogP contribution in [0.1, 0.15) is 12.8 Å². The van der Waals surface area contributed by atoms with Gasteiger partial charge < -0.3 is 10.0 Å². The van der Waals surface area contributed by atoms with Gasteiger partial charge in [0.05, 0.1) is 5.69 Å². The van der Waals surface area contributed by atoms with E-state index >= 15 is 0 Å². The van der Waals surface area contributed by atoms with Crippen molar-refractivity contribution in [3.05, 3.63) is 115 Å². The van der Waals surface area contributed by atoms with Crippen LogP contribution in [0.15, 0.2) is 115 Å². The van der Waals surface area contributed by atoms with E-state index in [1.165, 1.54) is 22.2 Å². The van der Waals surface area contributed by atoms with Crippen molar-refractivity contribution in [2.24, 2.45) is 0 Å². The molecular weight excluding hydrogens is 366 g/mol. The Kier molecular flexibility index (Phi) is 4.82. The standard InChI is InChI=1S/C28H23NO/c30-26-19-15-22(16-20-26)21-13-17-25(18-14-21)29(24-9-2-1-3-10-24)28-12-6-8-23-7-4-5-11-27(23)28/h2,4-20,30H,1,3H2. The Bertz CT molecular complexity index is 1230. The fraction of sp³-hybridized carbons (Fsp3) is 0.0714. The molecule has 5 rings (SSSR count). The number of hydrogen-bond donors (Lipinski definition) is 1. The predicted octanol–water partition coefficient (Wildman–Crippen LogP) is 7.58. The molecule has 0 heterocycles. The lowest BCUT2D eigenvalue weighted by molar-refractivity contribution is 0.475. The summed E-state index contributed by atoms with van der Waals surface area (Å²) in [5, 5.41) is 12.0. The summed E-state index contributed by atoms with van der Waals surface area (Å²) >= 11 is 0. The van der Waals surface area contributed by atoms with Gasteiger partial charge in [0.25, 0.3) is 0 Å². The monoisotopic (exact) mass is 389 g/mol. The van der Waals surface area contributed by atoms with E-state index in [2.05, 4.69) is 89.9 Å². The molecule has 0 radical (unpaired) electrons. The summed E-state index contributed by atoms with van der Waals surface area (Å²) in [4.78, 5) is 2.35. The fourth-order valence-corrected chi connectivity index (χ4v) is 4.05. The number of anilines is 2. The number of fused-ring (bicyclic) bond motifs is 1. The Morgan fingerprint density at radius 1 is 0.667 bits per heavy atom. The Morgan fingerprint density at radius 3 is 2.10 bits per heavy atom. The Morgan fingerprint density at radius 2 is 1.37 bits per heavy atom. The molecule has 2 heteroatoms. The first-order valence-corrected chi connectivity index (χ1v) is 10.3. The molecule has 0 atom stereocenters. The van der Waals surface area contributed by atoms with Crippen molar-refractivity contribution in [2.45, 2.75) is 12.8 Å². The van der Waals surface area contributed by atoms with Gasteiger partial charge in [-0.3, -0.25) is 0 Å². The molecule has 2 nitrogen and oxygen atoms in total. The average Bonchev–Trinajstić information content (AvgIpc) is 2.81. The van der Waals surface area contributed by atoms with E-state index in [1.54, 1.807) is 12.1 Å². The maximum atomic E-state index is 9.56. The normalized spacial score (nSPS) is 13.3. The molecule has 4 aromatic rings. The third-order valence-corrected chi connectivity index (χ3v) is 5.57. The summed E-state index contributed by atoms with van der Waals surface area (Å²) in [5.74, 6) is 0.286. The van der Waals surface area contributed by atoms with E-state index in [0.717, 1.165) is 29.7 Å². The van der Waals surface area contributed by atoms with Crippen molar-refractivity contribution >= 4 is 22.1 Å². The number of phenols is 1. The number of aromatic hydroxyl groups is 1. The Labute approximate surface area is 177 Å². The van der Waals surface area contributed by atoms with Gasteiger partial charge in [-0.25, -0.2) is 0 Å². The van der Waals surface area contributed by atoms with Gasteiger partial charge in [-0.2, -0.15) is 0 Å². The van der Waals surface area contributed by atoms with Crippen molar-refractivity contribution in [3.8, 4) is 16.9 Å². The molecule has 0 bridgehead atoms. The molecule has 0 fully saturated rings. The van der Waals surface area contributed by atoms with Gasteiger partial charge in [-0.05, 0) is 65.8 Å². The van der Waals surface area contributed by atoms with Crippen LogP contribution in [0.25, 0.3) is 21.9 Å². The molecule has 30 heavy (non-hydrogen) atoms. The summed E-state index contributed by atoms with van der Waals surface area (Å²) in [7, 11) is 0. The van der Waals surface area contributed by atoms with Gasteiger partial charge in [0.1, 0.15) is 5.75 Å². The highest BCUT2D eigenvalue weighted by molar-refractivity contribution is 5.97. The number of hydrogen-bond acceptors (Lipinski definition) is 2. The summed E-state index contributed by atoms with van der Waals surface area (Å²) < 4.78 is 0. The van der Waals surface area contributed by atoms with Crippen LogP contribution in [0.4, 0.5) is 11.4 Å². The SMILES string of the molecule is Oc1ccc(-c2ccc(N(C3=CCCC=C3)c3cccc4ccccc34)cc2)cc1. The van der Waals surface area contributed by atoms with E-state index in [4.69, 9.17) is 0 Å². The van der Waals surface area contributed by atoms with E-state index < -0.39 is 0 Å². The zero-order valence-corrected chi connectivity index (χ0v) is 16.7. The predicted molar refractivity (Wildman–Crippen MR) is 126 cm³/mol. The molecule has 0 saturated heterocycles. The first-order chi connectivity index (χ1) is 14.8. The molecule has 0 amide bonds. The van der Waals surface area contributed by atoms with E-state index in [0.29, 0.717) is 0 Å². The van der Waals surface area contributed by atoms with E-state index in [1.807, 2.05) is 12.1 Å². The summed E-state index contributed by atoms with van der Waals surface area (Å²) in [6, 6.07) is 31.0. The van der Waals surface area contributed by atoms with Crippen LogP contribution in [0.5, 0.6) is 5.75 Å². The van der Waals surface area contributed by atoms with Crippen LogP contribution >= 0.6 is 0 Å². The van der Waals surface area contributed by atoms with Crippen molar-refractivity contribution in [3.63, 3.8) is 0 Å². The molecule has 4 aromatic carbocycles. The minimum atomic E-state index is 0.286. The molecule has 1 N–H and O–H groups in total. The molecule has 146 valence electrons. The van der Waals surface area contributed by atoms with Crippen LogP contribution in [0, 0.1) is 0 Å². The van der Waals surface area contributed by atoms with Gasteiger partial charge >= 0.3 is 0 Å². The summed E-state index contributed by atoms with van der Waals surface area (Å²) in [6.07, 6.45) is 8.93. The van der Waals surface area contributed by atoms with Gasteiger partial charge in [0, 0.05) is 16.8 Å². The zero-order valence-electron chi connectivity index (χ0n) is 16.7. The number of benzene rings is 4. The third-order valence-electron chi connectivity index (χ3n) is 5.57. The van der Waals surface area contributed by atoms with Gasteiger partial charge in [0.2, 0.25) is 0 Å². The number of nitrogens with zero attached hydrogens (tertiary/aromatic N) is 1. The highest BCUT2D eigenvalue weighted by atomic mass is 16.3. The van der Waals surface area contributed by atoms with Crippen molar-refractivity contribution < 1.29 is 5.11 Å². The van der Waals surface area contributed by atoms with Crippen LogP contribution in [-0.2, 0) is 0 Å². The highest BCUT2D eigenvalue weighted by Gasteiger charge is 2.16. The second-order valence-electron chi connectivity index (χ2n) is 7.54. The molecule has 0 aromatic heterocycles. The van der Waals surface area contributed by atoms with Gasteiger partial charge in [0.15, 0.2) is 0 Å². The fourth-order valence-electron chi connectivity index (χ4n) is 4.05. The lowest BCUT2D eigenvalue weighted by atomic mass is 10.0. The maximum Gasteiger partial charge on any atom is 0.115 e. The van der Waals surface area contributed by atoms with Crippen LogP contribution in [0.2, 0.25) is 0 Å². The largest absolute Gasteiger partial charge is 0.508 e. The third kappa shape index (κ3) is 3.48. The smallest absolute Gasteiger partial charge is 0.115 e. The Hall–Kier alpha value is -3.78. The molecule has 0 aliphatic heterocycles. The van der Waals surface area contributed by atoms with Crippen molar-refractivity contribution in [2.75, 3.05) is 4.90 Å². The molecule has 1 aliphatic rings. The first-order valence-electron chi connectivity index (χ1n) is 10.3. The molecule has 0 saturated carbocycles. The quantitative estimate of drug-likeness (QED) is 0.389. The lowest BCUT2D eigenvalue weighted by Gasteiger charge is -2.29. The lowest BCUT2D eigenvalue weighted by Crippen LogP contribution is -2.16. The topological polar surface area (TPSA) is 23.5 Å². The minimum absolute atomic E-state index is 0.286. The summed E-state index contributed by atoms with van der Waals surface area (Å²) in [6.45, 7) is 0. The zero-order chi connectivity index (χ0) is 20.3. The Balaban J connectivity index is 1.61. The highest BCUT2D eigenvalue weighted by Crippen LogP contribution is 2.37. The van der Waals surface area contributed by atoms with Gasteiger partial charge in [-0.15, -0.1) is 0 Å². The van der Waals surface area contributed by atoms with Crippen LogP contribution in [0.3, 0.4) is 0 Å². The van der Waals surface area contributed by atoms with E-state index in [9.17, 15) is 5.11 Å². The van der Waals surface area contributed by atoms with Gasteiger partial charge in [-0.1, -0.05) is 72.8 Å². The van der Waals surface area contributed by atoms with Crippen LogP contribution in [-0.4, -0.2) is 5.11 Å². The van der Waals surface area contributed by atoms with E-state index in [-0.39, 0.29) is 5.75 Å². The van der Waals surface area contributed by atoms with Crippen molar-refractivity contribution in [1.82, 2.24) is 0 Å². The molecule has 0 unspecified atom stereocenters. The number of phenolic OH excluding ortho intramolecular Hbond substituents is 1. The molecular formula is C28H23NO. The summed E-state index contributed by atoms with van der Waals surface area (Å²) in [5.41, 5.74) is 5.74.